The number of rotatable bonds is 6. The molecule has 0 aromatic heterocycles. The van der Waals surface area contributed by atoms with Crippen molar-refractivity contribution in [2.75, 3.05) is 31.7 Å². The number of nitrogens with one attached hydrogen (secondary N) is 1. The van der Waals surface area contributed by atoms with E-state index in [0.29, 0.717) is 26.4 Å². The third-order valence-electron chi connectivity index (χ3n) is 3.18. The van der Waals surface area contributed by atoms with Gasteiger partial charge in [0.1, 0.15) is 0 Å². The predicted octanol–water partition coefficient (Wildman–Crippen LogP) is 3.05. The van der Waals surface area contributed by atoms with Crippen LogP contribution in [0.3, 0.4) is 0 Å². The fraction of sp³-hybridized carbons (Fsp3) is 0.625. The summed E-state index contributed by atoms with van der Waals surface area (Å²) in [5.74, 6) is 1.03. The monoisotopic (exact) mass is 295 g/mol. The molecule has 1 saturated heterocycles. The Morgan fingerprint density at radius 3 is 2.33 bits per heavy atom. The first-order valence-corrected chi connectivity index (χ1v) is 7.48. The van der Waals surface area contributed by atoms with Crippen molar-refractivity contribution in [2.24, 2.45) is 0 Å². The molecule has 1 aromatic rings. The fourth-order valence-electron chi connectivity index (χ4n) is 2.15. The lowest BCUT2D eigenvalue weighted by molar-refractivity contribution is -0.247. The molecule has 118 valence electrons. The van der Waals surface area contributed by atoms with Crippen LogP contribution in [0, 0.1) is 0 Å². The Morgan fingerprint density at radius 2 is 1.71 bits per heavy atom. The number of benzene rings is 1. The van der Waals surface area contributed by atoms with Gasteiger partial charge >= 0.3 is 0 Å². The van der Waals surface area contributed by atoms with Crippen LogP contribution in [0.5, 0.6) is 11.5 Å². The zero-order valence-electron chi connectivity index (χ0n) is 13.3. The van der Waals surface area contributed by atoms with Crippen molar-refractivity contribution in [1.82, 2.24) is 0 Å². The van der Waals surface area contributed by atoms with E-state index >= 15 is 0 Å². The summed E-state index contributed by atoms with van der Waals surface area (Å²) in [6, 6.07) is 5.98. The van der Waals surface area contributed by atoms with Gasteiger partial charge < -0.3 is 24.3 Å². The molecule has 0 unspecified atom stereocenters. The summed E-state index contributed by atoms with van der Waals surface area (Å²) >= 11 is 0. The normalized spacial score (nSPS) is 18.3. The molecule has 21 heavy (non-hydrogen) atoms. The van der Waals surface area contributed by atoms with Crippen molar-refractivity contribution in [2.45, 2.75) is 39.5 Å². The summed E-state index contributed by atoms with van der Waals surface area (Å²) in [5.41, 5.74) is 0.971. The Labute approximate surface area is 126 Å². The molecule has 0 spiro atoms. The van der Waals surface area contributed by atoms with Gasteiger partial charge in [-0.3, -0.25) is 0 Å². The van der Waals surface area contributed by atoms with E-state index < -0.39 is 5.79 Å². The first kappa shape index (κ1) is 15.9. The minimum absolute atomic E-state index is 0.130. The molecule has 0 radical (unpaired) electrons. The van der Waals surface area contributed by atoms with Crippen LogP contribution in [-0.2, 0) is 9.47 Å². The Morgan fingerprint density at radius 1 is 1.10 bits per heavy atom. The highest BCUT2D eigenvalue weighted by atomic mass is 16.7. The van der Waals surface area contributed by atoms with Crippen molar-refractivity contribution >= 4 is 5.69 Å². The second-order valence-corrected chi connectivity index (χ2v) is 5.39. The molecular weight excluding hydrogens is 270 g/mol. The van der Waals surface area contributed by atoms with Crippen LogP contribution in [0.25, 0.3) is 0 Å². The fourth-order valence-corrected chi connectivity index (χ4v) is 2.15. The van der Waals surface area contributed by atoms with Crippen LogP contribution < -0.4 is 14.8 Å². The molecule has 0 bridgehead atoms. The van der Waals surface area contributed by atoms with Crippen LogP contribution >= 0.6 is 0 Å². The summed E-state index contributed by atoms with van der Waals surface area (Å²) < 4.78 is 22.5. The molecule has 0 amide bonds. The highest BCUT2D eigenvalue weighted by Crippen LogP contribution is 2.31. The van der Waals surface area contributed by atoms with Gasteiger partial charge in [-0.25, -0.2) is 0 Å². The SMILES string of the molecule is CCOc1ccc(NC2COC(C)(C)OC2)cc1OCC. The van der Waals surface area contributed by atoms with E-state index in [9.17, 15) is 0 Å². The van der Waals surface area contributed by atoms with E-state index in [1.165, 1.54) is 0 Å². The Kier molecular flexibility index (Phi) is 5.31. The maximum atomic E-state index is 5.65. The first-order chi connectivity index (χ1) is 10.0. The number of hydrogen-bond donors (Lipinski definition) is 1. The van der Waals surface area contributed by atoms with Gasteiger partial charge in [0.15, 0.2) is 17.3 Å². The molecule has 5 heteroatoms. The minimum atomic E-state index is -0.493. The maximum Gasteiger partial charge on any atom is 0.163 e. The van der Waals surface area contributed by atoms with Crippen LogP contribution in [0.4, 0.5) is 5.69 Å². The maximum absolute atomic E-state index is 5.65. The highest BCUT2D eigenvalue weighted by molar-refractivity contribution is 5.55. The van der Waals surface area contributed by atoms with Gasteiger partial charge in [-0.15, -0.1) is 0 Å². The first-order valence-electron chi connectivity index (χ1n) is 7.48. The standard InChI is InChI=1S/C16H25NO4/c1-5-18-14-8-7-12(9-15(14)19-6-2)17-13-10-20-16(3,4)21-11-13/h7-9,13,17H,5-6,10-11H2,1-4H3. The second kappa shape index (κ2) is 7.00. The lowest BCUT2D eigenvalue weighted by Gasteiger charge is -2.35. The zero-order chi connectivity index (χ0) is 15.3. The Bertz CT molecular complexity index is 452. The molecule has 2 rings (SSSR count). The molecule has 1 fully saturated rings. The lowest BCUT2D eigenvalue weighted by Crippen LogP contribution is -2.45. The molecule has 5 nitrogen and oxygen atoms in total. The number of hydrogen-bond acceptors (Lipinski definition) is 5. The minimum Gasteiger partial charge on any atom is -0.490 e. The molecule has 1 aliphatic rings. The van der Waals surface area contributed by atoms with Crippen molar-refractivity contribution < 1.29 is 18.9 Å². The van der Waals surface area contributed by atoms with Gasteiger partial charge in [-0.05, 0) is 39.8 Å². The van der Waals surface area contributed by atoms with Crippen LogP contribution in [0.15, 0.2) is 18.2 Å². The predicted molar refractivity (Wildman–Crippen MR) is 82.2 cm³/mol. The van der Waals surface area contributed by atoms with Gasteiger partial charge in [0.05, 0.1) is 32.5 Å². The largest absolute Gasteiger partial charge is 0.490 e. The summed E-state index contributed by atoms with van der Waals surface area (Å²) in [6.45, 7) is 10.2. The summed E-state index contributed by atoms with van der Waals surface area (Å²) in [6.07, 6.45) is 0. The third-order valence-corrected chi connectivity index (χ3v) is 3.18. The molecule has 1 aliphatic heterocycles. The van der Waals surface area contributed by atoms with Gasteiger partial charge in [-0.2, -0.15) is 0 Å². The lowest BCUT2D eigenvalue weighted by atomic mass is 10.2. The van der Waals surface area contributed by atoms with Gasteiger partial charge in [0, 0.05) is 11.8 Å². The summed E-state index contributed by atoms with van der Waals surface area (Å²) in [4.78, 5) is 0. The summed E-state index contributed by atoms with van der Waals surface area (Å²) in [7, 11) is 0. The molecule has 0 saturated carbocycles. The average Bonchev–Trinajstić information content (AvgIpc) is 2.44. The zero-order valence-corrected chi connectivity index (χ0v) is 13.3. The summed E-state index contributed by atoms with van der Waals surface area (Å²) in [5, 5.41) is 3.40. The van der Waals surface area contributed by atoms with Crippen molar-refractivity contribution in [3.05, 3.63) is 18.2 Å². The second-order valence-electron chi connectivity index (χ2n) is 5.39. The van der Waals surface area contributed by atoms with Crippen LogP contribution in [0.1, 0.15) is 27.7 Å². The molecular formula is C16H25NO4. The number of anilines is 1. The number of ether oxygens (including phenoxy) is 4. The van der Waals surface area contributed by atoms with E-state index in [2.05, 4.69) is 5.32 Å². The molecule has 1 aromatic carbocycles. The van der Waals surface area contributed by atoms with E-state index in [4.69, 9.17) is 18.9 Å². The molecule has 0 atom stereocenters. The van der Waals surface area contributed by atoms with Gasteiger partial charge in [0.2, 0.25) is 0 Å². The van der Waals surface area contributed by atoms with E-state index in [1.54, 1.807) is 0 Å². The van der Waals surface area contributed by atoms with E-state index in [1.807, 2.05) is 45.9 Å². The van der Waals surface area contributed by atoms with Crippen molar-refractivity contribution in [3.8, 4) is 11.5 Å². The van der Waals surface area contributed by atoms with Crippen LogP contribution in [-0.4, -0.2) is 38.3 Å². The van der Waals surface area contributed by atoms with Crippen molar-refractivity contribution in [1.29, 1.82) is 0 Å². The molecule has 0 aliphatic carbocycles. The smallest absolute Gasteiger partial charge is 0.163 e. The molecule has 1 heterocycles. The Hall–Kier alpha value is -1.46. The third kappa shape index (κ3) is 4.51. The average molecular weight is 295 g/mol. The van der Waals surface area contributed by atoms with Gasteiger partial charge in [0.25, 0.3) is 0 Å². The van der Waals surface area contributed by atoms with Crippen LogP contribution in [0.2, 0.25) is 0 Å². The van der Waals surface area contributed by atoms with E-state index in [-0.39, 0.29) is 6.04 Å². The highest BCUT2D eigenvalue weighted by Gasteiger charge is 2.28. The topological polar surface area (TPSA) is 49.0 Å². The Balaban J connectivity index is 2.01. The van der Waals surface area contributed by atoms with E-state index in [0.717, 1.165) is 17.2 Å². The van der Waals surface area contributed by atoms with Crippen molar-refractivity contribution in [3.63, 3.8) is 0 Å². The quantitative estimate of drug-likeness (QED) is 0.874. The van der Waals surface area contributed by atoms with Gasteiger partial charge in [-0.1, -0.05) is 0 Å². The molecule has 1 N–H and O–H groups in total.